The summed E-state index contributed by atoms with van der Waals surface area (Å²) in [5.41, 5.74) is -0.716. The van der Waals surface area contributed by atoms with Crippen LogP contribution in [0.15, 0.2) is 12.1 Å². The van der Waals surface area contributed by atoms with Gasteiger partial charge in [0.15, 0.2) is 0 Å². The van der Waals surface area contributed by atoms with E-state index in [4.69, 9.17) is 0 Å². The van der Waals surface area contributed by atoms with Crippen molar-refractivity contribution in [2.45, 2.75) is 53.1 Å². The predicted octanol–water partition coefficient (Wildman–Crippen LogP) is 3.65. The standard InChI is InChI=1S/C13H22OS/c1-6-10-7-8-11(15-10)9-13(5,14)12(2,3)4/h7-8,14H,6,9H2,1-5H3. The Labute approximate surface area is 97.2 Å². The van der Waals surface area contributed by atoms with Gasteiger partial charge in [0.05, 0.1) is 5.60 Å². The Morgan fingerprint density at radius 3 is 2.07 bits per heavy atom. The van der Waals surface area contributed by atoms with Crippen molar-refractivity contribution in [1.29, 1.82) is 0 Å². The second-order valence-corrected chi connectivity index (χ2v) is 6.68. The molecule has 0 aliphatic rings. The first-order valence-electron chi connectivity index (χ1n) is 5.56. The summed E-state index contributed by atoms with van der Waals surface area (Å²) < 4.78 is 0. The van der Waals surface area contributed by atoms with E-state index in [2.05, 4.69) is 39.8 Å². The van der Waals surface area contributed by atoms with E-state index >= 15 is 0 Å². The molecule has 0 fully saturated rings. The van der Waals surface area contributed by atoms with Crippen LogP contribution >= 0.6 is 11.3 Å². The first-order chi connectivity index (χ1) is 6.76. The Morgan fingerprint density at radius 2 is 1.67 bits per heavy atom. The topological polar surface area (TPSA) is 20.2 Å². The maximum atomic E-state index is 10.4. The van der Waals surface area contributed by atoms with Crippen LogP contribution in [0.5, 0.6) is 0 Å². The zero-order valence-corrected chi connectivity index (χ0v) is 11.2. The smallest absolute Gasteiger partial charge is 0.0715 e. The normalized spacial score (nSPS) is 16.4. The van der Waals surface area contributed by atoms with E-state index < -0.39 is 5.60 Å². The molecule has 1 aromatic heterocycles. The molecular formula is C13H22OS. The number of rotatable bonds is 3. The Kier molecular flexibility index (Phi) is 3.62. The van der Waals surface area contributed by atoms with E-state index in [9.17, 15) is 5.11 Å². The summed E-state index contributed by atoms with van der Waals surface area (Å²) in [6, 6.07) is 4.31. The van der Waals surface area contributed by atoms with Crippen molar-refractivity contribution in [3.05, 3.63) is 21.9 Å². The Balaban J connectivity index is 2.77. The second kappa shape index (κ2) is 4.26. The summed E-state index contributed by atoms with van der Waals surface area (Å²) in [7, 11) is 0. The highest BCUT2D eigenvalue weighted by atomic mass is 32.1. The highest BCUT2D eigenvalue weighted by Gasteiger charge is 2.35. The fourth-order valence-corrected chi connectivity index (χ4v) is 2.42. The molecule has 86 valence electrons. The van der Waals surface area contributed by atoms with Gasteiger partial charge in [0, 0.05) is 16.2 Å². The summed E-state index contributed by atoms with van der Waals surface area (Å²) in [5.74, 6) is 0. The number of aryl methyl sites for hydroxylation is 1. The van der Waals surface area contributed by atoms with Crippen LogP contribution in [-0.4, -0.2) is 10.7 Å². The van der Waals surface area contributed by atoms with Crippen LogP contribution in [0.4, 0.5) is 0 Å². The Morgan fingerprint density at radius 1 is 1.13 bits per heavy atom. The van der Waals surface area contributed by atoms with Gasteiger partial charge in [-0.3, -0.25) is 0 Å². The molecule has 0 aliphatic heterocycles. The van der Waals surface area contributed by atoms with Crippen LogP contribution in [0, 0.1) is 5.41 Å². The van der Waals surface area contributed by atoms with E-state index in [1.807, 2.05) is 18.3 Å². The average molecular weight is 226 g/mol. The van der Waals surface area contributed by atoms with Gasteiger partial charge in [0.25, 0.3) is 0 Å². The maximum Gasteiger partial charge on any atom is 0.0715 e. The first-order valence-corrected chi connectivity index (χ1v) is 6.38. The van der Waals surface area contributed by atoms with Crippen LogP contribution < -0.4 is 0 Å². The van der Waals surface area contributed by atoms with Crippen molar-refractivity contribution in [2.24, 2.45) is 5.41 Å². The van der Waals surface area contributed by atoms with Crippen LogP contribution in [0.25, 0.3) is 0 Å². The molecule has 1 N–H and O–H groups in total. The predicted molar refractivity (Wildman–Crippen MR) is 67.5 cm³/mol. The quantitative estimate of drug-likeness (QED) is 0.834. The molecule has 0 amide bonds. The minimum absolute atomic E-state index is 0.0800. The van der Waals surface area contributed by atoms with Crippen LogP contribution in [0.2, 0.25) is 0 Å². The summed E-state index contributed by atoms with van der Waals surface area (Å²) in [5, 5.41) is 10.4. The van der Waals surface area contributed by atoms with Crippen molar-refractivity contribution in [3.8, 4) is 0 Å². The zero-order valence-electron chi connectivity index (χ0n) is 10.4. The summed E-state index contributed by atoms with van der Waals surface area (Å²) in [6.45, 7) is 10.3. The largest absolute Gasteiger partial charge is 0.389 e. The minimum Gasteiger partial charge on any atom is -0.389 e. The zero-order chi connectivity index (χ0) is 11.7. The van der Waals surface area contributed by atoms with Crippen molar-refractivity contribution in [2.75, 3.05) is 0 Å². The van der Waals surface area contributed by atoms with Crippen LogP contribution in [-0.2, 0) is 12.8 Å². The molecule has 1 atom stereocenters. The molecule has 1 rings (SSSR count). The molecule has 1 heterocycles. The monoisotopic (exact) mass is 226 g/mol. The van der Waals surface area contributed by atoms with Crippen LogP contribution in [0.1, 0.15) is 44.4 Å². The van der Waals surface area contributed by atoms with Gasteiger partial charge in [0.1, 0.15) is 0 Å². The van der Waals surface area contributed by atoms with E-state index in [1.165, 1.54) is 9.75 Å². The van der Waals surface area contributed by atoms with E-state index in [0.29, 0.717) is 0 Å². The van der Waals surface area contributed by atoms with Crippen molar-refractivity contribution in [1.82, 2.24) is 0 Å². The van der Waals surface area contributed by atoms with Crippen LogP contribution in [0.3, 0.4) is 0 Å². The number of hydrogen-bond donors (Lipinski definition) is 1. The Bertz CT molecular complexity index is 318. The van der Waals surface area contributed by atoms with E-state index in [-0.39, 0.29) is 5.41 Å². The number of aliphatic hydroxyl groups is 1. The van der Waals surface area contributed by atoms with Gasteiger partial charge < -0.3 is 5.11 Å². The van der Waals surface area contributed by atoms with Crippen molar-refractivity contribution >= 4 is 11.3 Å². The minimum atomic E-state index is -0.636. The fourth-order valence-electron chi connectivity index (χ4n) is 1.31. The average Bonchev–Trinajstić information content (AvgIpc) is 2.49. The van der Waals surface area contributed by atoms with E-state index in [1.54, 1.807) is 0 Å². The first kappa shape index (κ1) is 12.7. The number of thiophene rings is 1. The molecule has 1 aromatic rings. The lowest BCUT2D eigenvalue weighted by atomic mass is 9.75. The molecule has 2 heteroatoms. The number of hydrogen-bond acceptors (Lipinski definition) is 2. The van der Waals surface area contributed by atoms with E-state index in [0.717, 1.165) is 12.8 Å². The lowest BCUT2D eigenvalue weighted by molar-refractivity contribution is -0.0399. The lowest BCUT2D eigenvalue weighted by Gasteiger charge is -2.36. The van der Waals surface area contributed by atoms with Gasteiger partial charge >= 0.3 is 0 Å². The molecule has 0 radical (unpaired) electrons. The third-order valence-electron chi connectivity index (χ3n) is 3.20. The SMILES string of the molecule is CCc1ccc(CC(C)(O)C(C)(C)C)s1. The maximum absolute atomic E-state index is 10.4. The Hall–Kier alpha value is -0.340. The molecular weight excluding hydrogens is 204 g/mol. The highest BCUT2D eigenvalue weighted by Crippen LogP contribution is 2.34. The molecule has 0 aromatic carbocycles. The van der Waals surface area contributed by atoms with Gasteiger partial charge in [0.2, 0.25) is 0 Å². The lowest BCUT2D eigenvalue weighted by Crippen LogP contribution is -2.41. The molecule has 0 bridgehead atoms. The molecule has 0 saturated carbocycles. The third-order valence-corrected chi connectivity index (χ3v) is 4.43. The van der Waals surface area contributed by atoms with Gasteiger partial charge in [-0.2, -0.15) is 0 Å². The fraction of sp³-hybridized carbons (Fsp3) is 0.692. The molecule has 0 spiro atoms. The van der Waals surface area contributed by atoms with Gasteiger partial charge in [-0.1, -0.05) is 27.7 Å². The molecule has 0 saturated heterocycles. The molecule has 1 unspecified atom stereocenters. The van der Waals surface area contributed by atoms with Gasteiger partial charge in [-0.25, -0.2) is 0 Å². The highest BCUT2D eigenvalue weighted by molar-refractivity contribution is 7.12. The second-order valence-electron chi connectivity index (χ2n) is 5.42. The van der Waals surface area contributed by atoms with Crippen molar-refractivity contribution in [3.63, 3.8) is 0 Å². The van der Waals surface area contributed by atoms with Gasteiger partial charge in [-0.15, -0.1) is 11.3 Å². The molecule has 0 aliphatic carbocycles. The van der Waals surface area contributed by atoms with Gasteiger partial charge in [-0.05, 0) is 30.9 Å². The summed E-state index contributed by atoms with van der Waals surface area (Å²) in [6.07, 6.45) is 1.84. The summed E-state index contributed by atoms with van der Waals surface area (Å²) in [4.78, 5) is 2.68. The molecule has 1 nitrogen and oxygen atoms in total. The summed E-state index contributed by atoms with van der Waals surface area (Å²) >= 11 is 1.82. The third kappa shape index (κ3) is 3.05. The molecule has 15 heavy (non-hydrogen) atoms. The van der Waals surface area contributed by atoms with Crippen molar-refractivity contribution < 1.29 is 5.11 Å².